The molecule has 0 heterocycles. The second-order valence-corrected chi connectivity index (χ2v) is 4.34. The van der Waals surface area contributed by atoms with Gasteiger partial charge in [0.05, 0.1) is 10.7 Å². The molecule has 64 valence electrons. The van der Waals surface area contributed by atoms with Gasteiger partial charge in [-0.1, -0.05) is 0 Å². The highest BCUT2D eigenvalue weighted by molar-refractivity contribution is 14.1. The molecule has 1 aromatic carbocycles. The molecule has 0 fully saturated rings. The van der Waals surface area contributed by atoms with E-state index in [0.717, 1.165) is 19.2 Å². The van der Waals surface area contributed by atoms with E-state index < -0.39 is 0 Å². The number of carbonyl (C=O) groups excluding carboxylic acids is 1. The maximum atomic E-state index is 10.7. The van der Waals surface area contributed by atoms with Crippen LogP contribution in [0.5, 0.6) is 5.75 Å². The van der Waals surface area contributed by atoms with Gasteiger partial charge in [0, 0.05) is 9.13 Å². The number of halogens is 2. The van der Waals surface area contributed by atoms with E-state index in [0.29, 0.717) is 5.56 Å². The third-order valence-electron chi connectivity index (χ3n) is 1.43. The van der Waals surface area contributed by atoms with Gasteiger partial charge in [-0.15, -0.1) is 0 Å². The summed E-state index contributed by atoms with van der Waals surface area (Å²) in [4.78, 5) is 10.7. The van der Waals surface area contributed by atoms with E-state index in [1.54, 1.807) is 7.11 Å². The Labute approximate surface area is 98.0 Å². The number of rotatable bonds is 2. The number of methoxy groups -OCH3 is 1. The van der Waals surface area contributed by atoms with E-state index in [1.807, 2.05) is 12.1 Å². The van der Waals surface area contributed by atoms with Gasteiger partial charge in [-0.2, -0.15) is 0 Å². The first-order valence-electron chi connectivity index (χ1n) is 3.18. The molecule has 0 atom stereocenters. The van der Waals surface area contributed by atoms with E-state index in [2.05, 4.69) is 45.2 Å². The van der Waals surface area contributed by atoms with Gasteiger partial charge in [-0.3, -0.25) is 4.79 Å². The molecule has 0 aromatic heterocycles. The summed E-state index contributed by atoms with van der Waals surface area (Å²) in [5.41, 5.74) is 0.704. The second-order valence-electron chi connectivity index (χ2n) is 2.10. The summed E-state index contributed by atoms with van der Waals surface area (Å²) in [5.74, 6) is 0.748. The highest BCUT2D eigenvalue weighted by Gasteiger charge is 2.08. The van der Waals surface area contributed by atoms with Crippen LogP contribution < -0.4 is 4.74 Å². The molecular formula is C8H6I2O2. The average molecular weight is 388 g/mol. The maximum absolute atomic E-state index is 10.7. The Morgan fingerprint density at radius 3 is 2.58 bits per heavy atom. The summed E-state index contributed by atoms with van der Waals surface area (Å²) < 4.78 is 6.90. The summed E-state index contributed by atoms with van der Waals surface area (Å²) >= 11 is 4.23. The predicted molar refractivity (Wildman–Crippen MR) is 63.8 cm³/mol. The van der Waals surface area contributed by atoms with Crippen molar-refractivity contribution in [1.29, 1.82) is 0 Å². The van der Waals surface area contributed by atoms with Crippen LogP contribution in [-0.4, -0.2) is 13.4 Å². The van der Waals surface area contributed by atoms with Crippen LogP contribution in [0, 0.1) is 7.14 Å². The van der Waals surface area contributed by atoms with Crippen molar-refractivity contribution in [1.82, 2.24) is 0 Å². The molecule has 12 heavy (non-hydrogen) atoms. The Hall–Kier alpha value is 0.150. The third-order valence-corrected chi connectivity index (χ3v) is 3.48. The van der Waals surface area contributed by atoms with Crippen molar-refractivity contribution < 1.29 is 9.53 Å². The minimum absolute atomic E-state index is 0.704. The molecule has 2 nitrogen and oxygen atoms in total. The minimum atomic E-state index is 0.704. The number of benzene rings is 1. The zero-order chi connectivity index (χ0) is 9.14. The summed E-state index contributed by atoms with van der Waals surface area (Å²) in [6.45, 7) is 0. The first-order valence-corrected chi connectivity index (χ1v) is 5.33. The van der Waals surface area contributed by atoms with Crippen molar-refractivity contribution in [2.75, 3.05) is 7.11 Å². The predicted octanol–water partition coefficient (Wildman–Crippen LogP) is 2.72. The lowest BCUT2D eigenvalue weighted by molar-refractivity contribution is 0.112. The van der Waals surface area contributed by atoms with Crippen molar-refractivity contribution in [3.63, 3.8) is 0 Å². The van der Waals surface area contributed by atoms with Crippen LogP contribution >= 0.6 is 45.2 Å². The fraction of sp³-hybridized carbons (Fsp3) is 0.125. The molecule has 0 radical (unpaired) electrons. The van der Waals surface area contributed by atoms with Crippen molar-refractivity contribution >= 4 is 51.5 Å². The largest absolute Gasteiger partial charge is 0.496 e. The van der Waals surface area contributed by atoms with E-state index >= 15 is 0 Å². The standard InChI is InChI=1S/C8H6I2O2/c1-12-7-3-2-6(9)5(4-11)8(7)10/h2-4H,1H3. The van der Waals surface area contributed by atoms with Crippen molar-refractivity contribution in [2.24, 2.45) is 0 Å². The highest BCUT2D eigenvalue weighted by Crippen LogP contribution is 2.26. The van der Waals surface area contributed by atoms with Gasteiger partial charge in [0.1, 0.15) is 5.75 Å². The number of hydrogen-bond acceptors (Lipinski definition) is 2. The van der Waals surface area contributed by atoms with Gasteiger partial charge in [0.25, 0.3) is 0 Å². The molecule has 0 unspecified atom stereocenters. The lowest BCUT2D eigenvalue weighted by Gasteiger charge is -2.05. The fourth-order valence-corrected chi connectivity index (χ4v) is 2.73. The smallest absolute Gasteiger partial charge is 0.152 e. The first kappa shape index (κ1) is 10.2. The molecule has 1 rings (SSSR count). The number of aldehydes is 1. The topological polar surface area (TPSA) is 26.3 Å². The van der Waals surface area contributed by atoms with E-state index in [4.69, 9.17) is 4.74 Å². The lowest BCUT2D eigenvalue weighted by atomic mass is 10.2. The zero-order valence-corrected chi connectivity index (χ0v) is 10.6. The van der Waals surface area contributed by atoms with E-state index in [1.165, 1.54) is 0 Å². The van der Waals surface area contributed by atoms with Gasteiger partial charge in [-0.25, -0.2) is 0 Å². The summed E-state index contributed by atoms with van der Waals surface area (Å²) in [6.07, 6.45) is 0.853. The molecule has 0 aliphatic carbocycles. The summed E-state index contributed by atoms with van der Waals surface area (Å²) in [6, 6.07) is 3.72. The molecule has 0 bridgehead atoms. The molecular weight excluding hydrogens is 382 g/mol. The number of ether oxygens (including phenoxy) is 1. The Balaban J connectivity index is 3.33. The summed E-state index contributed by atoms with van der Waals surface area (Å²) in [5, 5.41) is 0. The quantitative estimate of drug-likeness (QED) is 0.576. The van der Waals surface area contributed by atoms with Crippen LogP contribution in [0.3, 0.4) is 0 Å². The lowest BCUT2D eigenvalue weighted by Crippen LogP contribution is -1.95. The van der Waals surface area contributed by atoms with Gasteiger partial charge in [-0.05, 0) is 57.3 Å². The molecule has 0 aliphatic rings. The molecule has 0 amide bonds. The number of carbonyl (C=O) groups is 1. The molecule has 0 aliphatic heterocycles. The maximum Gasteiger partial charge on any atom is 0.152 e. The average Bonchev–Trinajstić information content (AvgIpc) is 2.06. The van der Waals surface area contributed by atoms with Gasteiger partial charge < -0.3 is 4.74 Å². The third kappa shape index (κ3) is 1.90. The Bertz CT molecular complexity index is 310. The minimum Gasteiger partial charge on any atom is -0.496 e. The van der Waals surface area contributed by atoms with Crippen molar-refractivity contribution in [2.45, 2.75) is 0 Å². The molecule has 4 heteroatoms. The van der Waals surface area contributed by atoms with Gasteiger partial charge in [0.15, 0.2) is 6.29 Å². The normalized spacial score (nSPS) is 9.58. The van der Waals surface area contributed by atoms with Gasteiger partial charge >= 0.3 is 0 Å². The SMILES string of the molecule is COc1ccc(I)c(C=O)c1I. The summed E-state index contributed by atoms with van der Waals surface area (Å²) in [7, 11) is 1.60. The highest BCUT2D eigenvalue weighted by atomic mass is 127. The fourth-order valence-electron chi connectivity index (χ4n) is 0.815. The molecule has 1 aromatic rings. The molecule has 0 saturated heterocycles. The van der Waals surface area contributed by atoms with Crippen LogP contribution in [-0.2, 0) is 0 Å². The van der Waals surface area contributed by atoms with Crippen LogP contribution in [0.25, 0.3) is 0 Å². The zero-order valence-electron chi connectivity index (χ0n) is 6.30. The van der Waals surface area contributed by atoms with E-state index in [-0.39, 0.29) is 0 Å². The monoisotopic (exact) mass is 388 g/mol. The molecule has 0 spiro atoms. The van der Waals surface area contributed by atoms with Crippen molar-refractivity contribution in [3.05, 3.63) is 24.8 Å². The number of hydrogen-bond donors (Lipinski definition) is 0. The van der Waals surface area contributed by atoms with Crippen LogP contribution in [0.1, 0.15) is 10.4 Å². The Morgan fingerprint density at radius 1 is 1.42 bits per heavy atom. The van der Waals surface area contributed by atoms with Crippen LogP contribution in [0.2, 0.25) is 0 Å². The van der Waals surface area contributed by atoms with Crippen molar-refractivity contribution in [3.8, 4) is 5.75 Å². The molecule has 0 N–H and O–H groups in total. The van der Waals surface area contributed by atoms with Crippen LogP contribution in [0.15, 0.2) is 12.1 Å². The Morgan fingerprint density at radius 2 is 2.08 bits per heavy atom. The first-order chi connectivity index (χ1) is 5.70. The van der Waals surface area contributed by atoms with Gasteiger partial charge in [0.2, 0.25) is 0 Å². The van der Waals surface area contributed by atoms with Crippen LogP contribution in [0.4, 0.5) is 0 Å². The Kier molecular flexibility index (Phi) is 3.76. The molecule has 0 saturated carbocycles. The van der Waals surface area contributed by atoms with E-state index in [9.17, 15) is 4.79 Å². The second kappa shape index (κ2) is 4.40.